The number of nitrogens with one attached hydrogen (secondary N) is 2. The zero-order chi connectivity index (χ0) is 19.8. The first-order valence-corrected chi connectivity index (χ1v) is 8.10. The lowest BCUT2D eigenvalue weighted by molar-refractivity contribution is -0.147. The Balaban J connectivity index is 1.69. The number of rotatable bonds is 7. The molecule has 2 aromatic rings. The number of anilines is 1. The highest BCUT2D eigenvalue weighted by Crippen LogP contribution is 2.09. The van der Waals surface area contributed by atoms with Gasteiger partial charge in [-0.2, -0.15) is 0 Å². The van der Waals surface area contributed by atoms with Crippen LogP contribution in [-0.4, -0.2) is 30.9 Å². The van der Waals surface area contributed by atoms with Crippen molar-refractivity contribution in [3.05, 3.63) is 65.2 Å². The number of ether oxygens (including phenoxy) is 1. The molecule has 0 aliphatic heterocycles. The van der Waals surface area contributed by atoms with Crippen LogP contribution >= 0.6 is 0 Å². The van der Waals surface area contributed by atoms with Gasteiger partial charge in [0, 0.05) is 18.3 Å². The van der Waals surface area contributed by atoms with Gasteiger partial charge in [0.2, 0.25) is 0 Å². The Labute approximate surface area is 154 Å². The quantitative estimate of drug-likeness (QED) is 0.728. The van der Waals surface area contributed by atoms with E-state index < -0.39 is 36.0 Å². The van der Waals surface area contributed by atoms with Crippen LogP contribution in [0.15, 0.2) is 42.5 Å². The molecule has 0 spiro atoms. The molecule has 0 saturated carbocycles. The maximum atomic E-state index is 13.5. The molecule has 0 aliphatic rings. The van der Waals surface area contributed by atoms with E-state index in [1.165, 1.54) is 0 Å². The average molecular weight is 376 g/mol. The Kier molecular flexibility index (Phi) is 6.99. The summed E-state index contributed by atoms with van der Waals surface area (Å²) in [6.07, 6.45) is -0.202. The lowest BCUT2D eigenvalue weighted by Crippen LogP contribution is -2.28. The Morgan fingerprint density at radius 1 is 1.04 bits per heavy atom. The molecular weight excluding hydrogens is 358 g/mol. The van der Waals surface area contributed by atoms with Crippen LogP contribution in [0.2, 0.25) is 0 Å². The van der Waals surface area contributed by atoms with E-state index in [1.54, 1.807) is 12.1 Å². The maximum absolute atomic E-state index is 13.5. The average Bonchev–Trinajstić information content (AvgIpc) is 2.62. The summed E-state index contributed by atoms with van der Waals surface area (Å²) in [5, 5.41) is 4.89. The van der Waals surface area contributed by atoms with Crippen molar-refractivity contribution >= 4 is 23.5 Å². The Morgan fingerprint density at radius 2 is 1.74 bits per heavy atom. The lowest BCUT2D eigenvalue weighted by Gasteiger charge is -2.08. The highest BCUT2D eigenvalue weighted by Gasteiger charge is 2.13. The summed E-state index contributed by atoms with van der Waals surface area (Å²) >= 11 is 0. The van der Waals surface area contributed by atoms with Crippen LogP contribution in [0.25, 0.3) is 0 Å². The first-order chi connectivity index (χ1) is 12.8. The van der Waals surface area contributed by atoms with Gasteiger partial charge in [-0.3, -0.25) is 14.4 Å². The predicted molar refractivity (Wildman–Crippen MR) is 94.1 cm³/mol. The zero-order valence-electron chi connectivity index (χ0n) is 14.6. The van der Waals surface area contributed by atoms with Crippen molar-refractivity contribution in [1.82, 2.24) is 5.32 Å². The topological polar surface area (TPSA) is 84.5 Å². The molecule has 0 unspecified atom stereocenters. The largest absolute Gasteiger partial charge is 0.456 e. The molecule has 142 valence electrons. The van der Waals surface area contributed by atoms with Gasteiger partial charge in [-0.1, -0.05) is 17.7 Å². The highest BCUT2D eigenvalue weighted by atomic mass is 19.1. The molecule has 2 N–H and O–H groups in total. The summed E-state index contributed by atoms with van der Waals surface area (Å²) in [5.74, 6) is -3.77. The molecule has 2 rings (SSSR count). The van der Waals surface area contributed by atoms with Gasteiger partial charge < -0.3 is 15.4 Å². The van der Waals surface area contributed by atoms with Crippen molar-refractivity contribution in [1.29, 1.82) is 0 Å². The Bertz CT molecular complexity index is 838. The molecule has 0 fully saturated rings. The molecule has 0 atom stereocenters. The third kappa shape index (κ3) is 6.50. The van der Waals surface area contributed by atoms with Crippen molar-refractivity contribution in [2.24, 2.45) is 0 Å². The number of esters is 1. The number of amides is 2. The molecule has 6 nitrogen and oxygen atoms in total. The van der Waals surface area contributed by atoms with Crippen LogP contribution in [-0.2, 0) is 14.3 Å². The van der Waals surface area contributed by atoms with Crippen molar-refractivity contribution < 1.29 is 27.9 Å². The van der Waals surface area contributed by atoms with Crippen molar-refractivity contribution in [2.45, 2.75) is 13.3 Å². The third-order valence-corrected chi connectivity index (χ3v) is 3.49. The molecule has 0 radical (unpaired) electrons. The molecule has 8 heteroatoms. The van der Waals surface area contributed by atoms with Gasteiger partial charge in [0.1, 0.15) is 11.6 Å². The summed E-state index contributed by atoms with van der Waals surface area (Å²) in [6.45, 7) is 1.33. The number of hydrogen-bond acceptors (Lipinski definition) is 4. The molecule has 0 aliphatic carbocycles. The predicted octanol–water partition coefficient (Wildman–Crippen LogP) is 2.58. The fourth-order valence-electron chi connectivity index (χ4n) is 2.10. The van der Waals surface area contributed by atoms with Gasteiger partial charge >= 0.3 is 5.97 Å². The fourth-order valence-corrected chi connectivity index (χ4v) is 2.10. The van der Waals surface area contributed by atoms with Gasteiger partial charge in [-0.15, -0.1) is 0 Å². The molecule has 0 aromatic heterocycles. The zero-order valence-corrected chi connectivity index (χ0v) is 14.6. The molecule has 2 aromatic carbocycles. The summed E-state index contributed by atoms with van der Waals surface area (Å²) in [4.78, 5) is 35.1. The molecular formula is C19H18F2N2O4. The lowest BCUT2D eigenvalue weighted by atomic mass is 10.2. The fraction of sp³-hybridized carbons (Fsp3) is 0.211. The molecule has 0 heterocycles. The van der Waals surface area contributed by atoms with Crippen LogP contribution in [0.1, 0.15) is 22.3 Å². The van der Waals surface area contributed by atoms with Crippen molar-refractivity contribution in [3.63, 3.8) is 0 Å². The Morgan fingerprint density at radius 3 is 2.41 bits per heavy atom. The maximum Gasteiger partial charge on any atom is 0.308 e. The van der Waals surface area contributed by atoms with E-state index in [0.717, 1.165) is 17.7 Å². The first kappa shape index (κ1) is 20.0. The van der Waals surface area contributed by atoms with Crippen LogP contribution in [0.5, 0.6) is 0 Å². The smallest absolute Gasteiger partial charge is 0.308 e. The number of carbonyl (C=O) groups excluding carboxylic acids is 3. The van der Waals surface area contributed by atoms with E-state index in [0.29, 0.717) is 11.8 Å². The number of halogens is 2. The van der Waals surface area contributed by atoms with Crippen LogP contribution in [0, 0.1) is 18.6 Å². The van der Waals surface area contributed by atoms with E-state index >= 15 is 0 Å². The first-order valence-electron chi connectivity index (χ1n) is 8.10. The summed E-state index contributed by atoms with van der Waals surface area (Å²) in [6, 6.07) is 9.66. The summed E-state index contributed by atoms with van der Waals surface area (Å²) in [5.41, 5.74) is 1.29. The van der Waals surface area contributed by atoms with Crippen molar-refractivity contribution in [2.75, 3.05) is 18.5 Å². The second kappa shape index (κ2) is 9.42. The van der Waals surface area contributed by atoms with E-state index in [9.17, 15) is 23.2 Å². The molecule has 2 amide bonds. The van der Waals surface area contributed by atoms with Gasteiger partial charge in [0.15, 0.2) is 6.61 Å². The Hall–Kier alpha value is -3.29. The van der Waals surface area contributed by atoms with Crippen molar-refractivity contribution in [3.8, 4) is 0 Å². The van der Waals surface area contributed by atoms with Crippen LogP contribution in [0.4, 0.5) is 14.5 Å². The molecule has 0 bridgehead atoms. The number of hydrogen-bond donors (Lipinski definition) is 2. The van der Waals surface area contributed by atoms with E-state index in [2.05, 4.69) is 10.6 Å². The van der Waals surface area contributed by atoms with Crippen LogP contribution in [0.3, 0.4) is 0 Å². The van der Waals surface area contributed by atoms with E-state index in [1.807, 2.05) is 19.1 Å². The second-order valence-corrected chi connectivity index (χ2v) is 5.70. The normalized spacial score (nSPS) is 10.2. The summed E-state index contributed by atoms with van der Waals surface area (Å²) in [7, 11) is 0. The molecule has 0 saturated heterocycles. The standard InChI is InChI=1S/C19H18F2N2O4/c1-12-2-5-14(6-3-12)23-17(24)11-27-18(25)8-9-22-19(26)15-7-4-13(20)10-16(15)21/h2-7,10H,8-9,11H2,1H3,(H,22,26)(H,23,24). The van der Waals surface area contributed by atoms with E-state index in [4.69, 9.17) is 4.74 Å². The number of benzene rings is 2. The minimum Gasteiger partial charge on any atom is -0.456 e. The minimum atomic E-state index is -0.997. The SMILES string of the molecule is Cc1ccc(NC(=O)COC(=O)CCNC(=O)c2ccc(F)cc2F)cc1. The minimum absolute atomic E-state index is 0.117. The monoisotopic (exact) mass is 376 g/mol. The number of carbonyl (C=O) groups is 3. The van der Waals surface area contributed by atoms with Gasteiger partial charge in [-0.25, -0.2) is 8.78 Å². The number of aryl methyl sites for hydroxylation is 1. The van der Waals surface area contributed by atoms with Gasteiger partial charge in [-0.05, 0) is 31.2 Å². The van der Waals surface area contributed by atoms with Crippen LogP contribution < -0.4 is 10.6 Å². The molecule has 27 heavy (non-hydrogen) atoms. The van der Waals surface area contributed by atoms with Gasteiger partial charge in [0.25, 0.3) is 11.8 Å². The third-order valence-electron chi connectivity index (χ3n) is 3.49. The van der Waals surface area contributed by atoms with E-state index in [-0.39, 0.29) is 18.5 Å². The highest BCUT2D eigenvalue weighted by molar-refractivity contribution is 5.95. The second-order valence-electron chi connectivity index (χ2n) is 5.70. The summed E-state index contributed by atoms with van der Waals surface area (Å²) < 4.78 is 31.1. The van der Waals surface area contributed by atoms with Gasteiger partial charge in [0.05, 0.1) is 12.0 Å².